The summed E-state index contributed by atoms with van der Waals surface area (Å²) >= 11 is 5.85. The molecule has 31 heavy (non-hydrogen) atoms. The standard InChI is InChI=1S/C24H19ClFN3O2/c1-31-19-4-2-3-17(11-19)22-14-27-23(29-22)16-7-5-15(6-8-16)13-28-24(30)20-12-18(25)9-10-21(20)26/h2-12,14H,13H2,1H3,(H,27,29)(H,28,30). The number of nitrogens with one attached hydrogen (secondary N) is 2. The van der Waals surface area contributed by atoms with Crippen molar-refractivity contribution in [2.45, 2.75) is 6.54 Å². The Balaban J connectivity index is 1.43. The molecule has 0 aliphatic rings. The number of hydrogen-bond donors (Lipinski definition) is 2. The summed E-state index contributed by atoms with van der Waals surface area (Å²) in [5.74, 6) is 0.382. The van der Waals surface area contributed by atoms with Gasteiger partial charge in [-0.3, -0.25) is 4.79 Å². The van der Waals surface area contributed by atoms with Crippen LogP contribution in [0.3, 0.4) is 0 Å². The van der Waals surface area contributed by atoms with Gasteiger partial charge in [-0.05, 0) is 35.9 Å². The van der Waals surface area contributed by atoms with E-state index in [4.69, 9.17) is 16.3 Å². The molecule has 0 atom stereocenters. The quantitative estimate of drug-likeness (QED) is 0.421. The highest BCUT2D eigenvalue weighted by molar-refractivity contribution is 6.31. The fraction of sp³-hybridized carbons (Fsp3) is 0.0833. The summed E-state index contributed by atoms with van der Waals surface area (Å²) in [5.41, 5.74) is 3.56. The Kier molecular flexibility index (Phi) is 6.00. The maximum absolute atomic E-state index is 13.8. The fourth-order valence-corrected chi connectivity index (χ4v) is 3.31. The summed E-state index contributed by atoms with van der Waals surface area (Å²) in [4.78, 5) is 20.0. The van der Waals surface area contributed by atoms with Gasteiger partial charge in [-0.2, -0.15) is 0 Å². The third-order valence-corrected chi connectivity index (χ3v) is 5.05. The van der Waals surface area contributed by atoms with Crippen LogP contribution in [0.2, 0.25) is 5.02 Å². The summed E-state index contributed by atoms with van der Waals surface area (Å²) in [6, 6.07) is 19.2. The van der Waals surface area contributed by atoms with E-state index in [9.17, 15) is 9.18 Å². The van der Waals surface area contributed by atoms with Crippen LogP contribution in [-0.4, -0.2) is 23.0 Å². The van der Waals surface area contributed by atoms with E-state index in [1.165, 1.54) is 18.2 Å². The largest absolute Gasteiger partial charge is 0.497 e. The van der Waals surface area contributed by atoms with Crippen molar-refractivity contribution < 1.29 is 13.9 Å². The first-order valence-corrected chi connectivity index (χ1v) is 9.93. The van der Waals surface area contributed by atoms with Gasteiger partial charge in [-0.1, -0.05) is 48.0 Å². The van der Waals surface area contributed by atoms with Gasteiger partial charge in [0.25, 0.3) is 5.91 Å². The average molecular weight is 436 g/mol. The predicted molar refractivity (Wildman–Crippen MR) is 119 cm³/mol. The molecule has 7 heteroatoms. The number of ether oxygens (including phenoxy) is 1. The zero-order valence-electron chi connectivity index (χ0n) is 16.7. The van der Waals surface area contributed by atoms with Crippen LogP contribution in [0.15, 0.2) is 72.9 Å². The number of benzene rings is 3. The Labute approximate surface area is 183 Å². The van der Waals surface area contributed by atoms with Crippen LogP contribution >= 0.6 is 11.6 Å². The molecule has 0 unspecified atom stereocenters. The smallest absolute Gasteiger partial charge is 0.254 e. The van der Waals surface area contributed by atoms with E-state index in [2.05, 4.69) is 15.3 Å². The Hall–Kier alpha value is -3.64. The van der Waals surface area contributed by atoms with Gasteiger partial charge in [0.05, 0.1) is 24.6 Å². The fourth-order valence-electron chi connectivity index (χ4n) is 3.13. The molecule has 0 saturated heterocycles. The van der Waals surface area contributed by atoms with Crippen molar-refractivity contribution in [1.82, 2.24) is 15.3 Å². The molecule has 156 valence electrons. The maximum Gasteiger partial charge on any atom is 0.254 e. The molecule has 1 aromatic heterocycles. The number of amides is 1. The van der Waals surface area contributed by atoms with Gasteiger partial charge in [0.2, 0.25) is 0 Å². The zero-order chi connectivity index (χ0) is 21.8. The minimum atomic E-state index is -0.609. The molecule has 1 heterocycles. The summed E-state index contributed by atoms with van der Waals surface area (Å²) in [6.45, 7) is 0.262. The molecule has 0 fully saturated rings. The van der Waals surface area contributed by atoms with Crippen LogP contribution in [0.5, 0.6) is 5.75 Å². The van der Waals surface area contributed by atoms with Crippen molar-refractivity contribution in [1.29, 1.82) is 0 Å². The molecule has 0 saturated carbocycles. The third kappa shape index (κ3) is 4.75. The van der Waals surface area contributed by atoms with Gasteiger partial charge in [0.1, 0.15) is 17.4 Å². The topological polar surface area (TPSA) is 67.0 Å². The molecule has 0 spiro atoms. The van der Waals surface area contributed by atoms with E-state index in [1.54, 1.807) is 13.3 Å². The molecule has 0 aliphatic carbocycles. The molecule has 1 amide bonds. The lowest BCUT2D eigenvalue weighted by Gasteiger charge is -2.07. The van der Waals surface area contributed by atoms with Gasteiger partial charge >= 0.3 is 0 Å². The Bertz CT molecular complexity index is 1220. The van der Waals surface area contributed by atoms with Crippen molar-refractivity contribution in [2.75, 3.05) is 7.11 Å². The second-order valence-corrected chi connectivity index (χ2v) is 7.32. The van der Waals surface area contributed by atoms with Crippen LogP contribution < -0.4 is 10.1 Å². The average Bonchev–Trinajstić information content (AvgIpc) is 3.30. The second-order valence-electron chi connectivity index (χ2n) is 6.88. The van der Waals surface area contributed by atoms with Gasteiger partial charge < -0.3 is 15.0 Å². The van der Waals surface area contributed by atoms with E-state index < -0.39 is 11.7 Å². The van der Waals surface area contributed by atoms with E-state index in [0.717, 1.165) is 34.0 Å². The molecular formula is C24H19ClFN3O2. The maximum atomic E-state index is 13.8. The first-order valence-electron chi connectivity index (χ1n) is 9.55. The van der Waals surface area contributed by atoms with Crippen LogP contribution in [-0.2, 0) is 6.54 Å². The van der Waals surface area contributed by atoms with E-state index in [-0.39, 0.29) is 12.1 Å². The molecule has 0 aliphatic heterocycles. The summed E-state index contributed by atoms with van der Waals surface area (Å²) in [6.07, 6.45) is 1.78. The van der Waals surface area contributed by atoms with Crippen molar-refractivity contribution in [3.8, 4) is 28.4 Å². The van der Waals surface area contributed by atoms with Gasteiger partial charge in [-0.25, -0.2) is 9.37 Å². The number of aromatic nitrogens is 2. The molecule has 4 aromatic rings. The van der Waals surface area contributed by atoms with Crippen molar-refractivity contribution in [3.05, 3.63) is 94.9 Å². The number of nitrogens with zero attached hydrogens (tertiary/aromatic N) is 1. The molecule has 0 radical (unpaired) electrons. The SMILES string of the molecule is COc1cccc(-c2cnc(-c3ccc(CNC(=O)c4cc(Cl)ccc4F)cc3)[nH]2)c1. The second kappa shape index (κ2) is 9.02. The zero-order valence-corrected chi connectivity index (χ0v) is 17.4. The van der Waals surface area contributed by atoms with Crippen molar-refractivity contribution in [2.24, 2.45) is 0 Å². The van der Waals surface area contributed by atoms with E-state index >= 15 is 0 Å². The predicted octanol–water partition coefficient (Wildman–Crippen LogP) is 5.47. The van der Waals surface area contributed by atoms with Crippen LogP contribution in [0.25, 0.3) is 22.6 Å². The summed E-state index contributed by atoms with van der Waals surface area (Å²) in [5, 5.41) is 3.01. The number of carbonyl (C=O) groups is 1. The first-order chi connectivity index (χ1) is 15.0. The molecule has 2 N–H and O–H groups in total. The van der Waals surface area contributed by atoms with Gasteiger partial charge in [0.15, 0.2) is 0 Å². The summed E-state index contributed by atoms with van der Waals surface area (Å²) in [7, 11) is 1.63. The first kappa shape index (κ1) is 20.6. The number of halogens is 2. The van der Waals surface area contributed by atoms with Gasteiger partial charge in [-0.15, -0.1) is 0 Å². The van der Waals surface area contributed by atoms with Crippen molar-refractivity contribution >= 4 is 17.5 Å². The lowest BCUT2D eigenvalue weighted by Crippen LogP contribution is -2.23. The van der Waals surface area contributed by atoms with Crippen LogP contribution in [0.1, 0.15) is 15.9 Å². The van der Waals surface area contributed by atoms with E-state index in [0.29, 0.717) is 5.02 Å². The van der Waals surface area contributed by atoms with Gasteiger partial charge in [0, 0.05) is 22.7 Å². The Morgan fingerprint density at radius 3 is 2.68 bits per heavy atom. The highest BCUT2D eigenvalue weighted by Gasteiger charge is 2.12. The van der Waals surface area contributed by atoms with Crippen molar-refractivity contribution in [3.63, 3.8) is 0 Å². The third-order valence-electron chi connectivity index (χ3n) is 4.81. The Morgan fingerprint density at radius 1 is 1.10 bits per heavy atom. The molecule has 5 nitrogen and oxygen atoms in total. The molecule has 0 bridgehead atoms. The summed E-state index contributed by atoms with van der Waals surface area (Å²) < 4.78 is 19.1. The number of H-pyrrole nitrogens is 1. The minimum Gasteiger partial charge on any atom is -0.497 e. The lowest BCUT2D eigenvalue weighted by atomic mass is 10.1. The number of aromatic amines is 1. The monoisotopic (exact) mass is 435 g/mol. The van der Waals surface area contributed by atoms with Crippen LogP contribution in [0, 0.1) is 5.82 Å². The lowest BCUT2D eigenvalue weighted by molar-refractivity contribution is 0.0947. The Morgan fingerprint density at radius 2 is 1.90 bits per heavy atom. The minimum absolute atomic E-state index is 0.0789. The number of rotatable bonds is 6. The molecular weight excluding hydrogens is 417 g/mol. The molecule has 4 rings (SSSR count). The van der Waals surface area contributed by atoms with Crippen LogP contribution in [0.4, 0.5) is 4.39 Å². The highest BCUT2D eigenvalue weighted by Crippen LogP contribution is 2.25. The number of imidazole rings is 1. The van der Waals surface area contributed by atoms with E-state index in [1.807, 2.05) is 48.5 Å². The molecule has 3 aromatic carbocycles. The number of hydrogen-bond acceptors (Lipinski definition) is 3. The number of carbonyl (C=O) groups excluding carboxylic acids is 1. The number of methoxy groups -OCH3 is 1. The normalized spacial score (nSPS) is 10.7. The highest BCUT2D eigenvalue weighted by atomic mass is 35.5.